The molecular formula is C38H72O4. The van der Waals surface area contributed by atoms with E-state index in [0.717, 1.165) is 51.4 Å². The highest BCUT2D eigenvalue weighted by Crippen LogP contribution is 2.41. The molecule has 248 valence electrons. The van der Waals surface area contributed by atoms with E-state index in [1.807, 2.05) is 6.92 Å². The molecule has 0 amide bonds. The summed E-state index contributed by atoms with van der Waals surface area (Å²) in [6.07, 6.45) is 37.9. The van der Waals surface area contributed by atoms with Crippen molar-refractivity contribution in [2.45, 2.75) is 207 Å². The quantitative estimate of drug-likeness (QED) is 0.0587. The van der Waals surface area contributed by atoms with Gasteiger partial charge in [0.05, 0.1) is 11.3 Å². The first-order valence-corrected chi connectivity index (χ1v) is 18.6. The number of unbranched alkanes of at least 4 members (excludes halogenated alkanes) is 23. The smallest absolute Gasteiger partial charge is 0.310 e. The van der Waals surface area contributed by atoms with Crippen LogP contribution in [0.25, 0.3) is 0 Å². The van der Waals surface area contributed by atoms with Crippen LogP contribution in [0, 0.1) is 11.3 Å². The molecule has 4 nitrogen and oxygen atoms in total. The Bertz CT molecular complexity index is 643. The van der Waals surface area contributed by atoms with E-state index < -0.39 is 23.3 Å². The molecule has 0 heterocycles. The van der Waals surface area contributed by atoms with Crippen LogP contribution in [0.5, 0.6) is 0 Å². The first-order valence-electron chi connectivity index (χ1n) is 18.6. The second kappa shape index (κ2) is 29.7. The van der Waals surface area contributed by atoms with Gasteiger partial charge >= 0.3 is 11.9 Å². The van der Waals surface area contributed by atoms with Crippen LogP contribution in [0.4, 0.5) is 0 Å². The fraction of sp³-hybridized carbons (Fsp3) is 0.895. The lowest BCUT2D eigenvalue weighted by Gasteiger charge is -2.34. The van der Waals surface area contributed by atoms with Crippen LogP contribution >= 0.6 is 0 Å². The predicted octanol–water partition coefficient (Wildman–Crippen LogP) is 12.7. The summed E-state index contributed by atoms with van der Waals surface area (Å²) in [6.45, 7) is 6.38. The Kier molecular flexibility index (Phi) is 28.8. The Hall–Kier alpha value is -1.32. The van der Waals surface area contributed by atoms with Gasteiger partial charge in [-0.05, 0) is 44.9 Å². The molecule has 2 atom stereocenters. The molecule has 0 spiro atoms. The molecule has 0 bridgehead atoms. The van der Waals surface area contributed by atoms with Crippen LogP contribution < -0.4 is 0 Å². The average molecular weight is 593 g/mol. The van der Waals surface area contributed by atoms with E-state index in [0.29, 0.717) is 19.3 Å². The second-order valence-electron chi connectivity index (χ2n) is 13.1. The summed E-state index contributed by atoms with van der Waals surface area (Å²) in [6, 6.07) is 0. The zero-order valence-electron chi connectivity index (χ0n) is 28.4. The van der Waals surface area contributed by atoms with Gasteiger partial charge in [0.25, 0.3) is 0 Å². The van der Waals surface area contributed by atoms with Gasteiger partial charge in [-0.25, -0.2) is 0 Å². The van der Waals surface area contributed by atoms with Crippen LogP contribution in [0.3, 0.4) is 0 Å². The van der Waals surface area contributed by atoms with Gasteiger partial charge in [-0.15, -0.1) is 0 Å². The van der Waals surface area contributed by atoms with Crippen LogP contribution in [-0.4, -0.2) is 22.2 Å². The Balaban J connectivity index is 4.17. The molecule has 2 unspecified atom stereocenters. The highest BCUT2D eigenvalue weighted by atomic mass is 16.4. The average Bonchev–Trinajstić information content (AvgIpc) is 2.97. The minimum atomic E-state index is -1.14. The molecular weight excluding hydrogens is 520 g/mol. The van der Waals surface area contributed by atoms with Crippen LogP contribution in [0.2, 0.25) is 0 Å². The van der Waals surface area contributed by atoms with Crippen molar-refractivity contribution >= 4 is 11.9 Å². The van der Waals surface area contributed by atoms with Crippen molar-refractivity contribution in [3.05, 3.63) is 12.2 Å². The topological polar surface area (TPSA) is 74.6 Å². The second-order valence-corrected chi connectivity index (χ2v) is 13.1. The molecule has 0 radical (unpaired) electrons. The van der Waals surface area contributed by atoms with Gasteiger partial charge in [-0.3, -0.25) is 9.59 Å². The summed E-state index contributed by atoms with van der Waals surface area (Å²) in [5, 5.41) is 20.2. The Morgan fingerprint density at radius 1 is 0.524 bits per heavy atom. The number of hydrogen-bond donors (Lipinski definition) is 2. The van der Waals surface area contributed by atoms with Gasteiger partial charge in [0.1, 0.15) is 0 Å². The molecule has 0 aliphatic rings. The molecule has 42 heavy (non-hydrogen) atoms. The van der Waals surface area contributed by atoms with Crippen molar-refractivity contribution in [2.75, 3.05) is 0 Å². The minimum absolute atomic E-state index is 0.388. The van der Waals surface area contributed by atoms with Crippen molar-refractivity contribution in [1.29, 1.82) is 0 Å². The molecule has 0 saturated carbocycles. The van der Waals surface area contributed by atoms with E-state index in [1.165, 1.54) is 116 Å². The highest BCUT2D eigenvalue weighted by molar-refractivity contribution is 5.83. The SMILES string of the molecule is CCCCCCCC/C=C\CCCCCCC(CC)(C(=O)O)C(CCCCCCCCCCCCCCCC)C(=O)O. The van der Waals surface area contributed by atoms with Crippen LogP contribution in [-0.2, 0) is 9.59 Å². The maximum absolute atomic E-state index is 12.4. The van der Waals surface area contributed by atoms with Crippen molar-refractivity contribution in [1.82, 2.24) is 0 Å². The first-order chi connectivity index (χ1) is 20.5. The highest BCUT2D eigenvalue weighted by Gasteiger charge is 2.47. The fourth-order valence-corrected chi connectivity index (χ4v) is 6.52. The molecule has 4 heteroatoms. The van der Waals surface area contributed by atoms with Crippen molar-refractivity contribution in [2.24, 2.45) is 11.3 Å². The van der Waals surface area contributed by atoms with Crippen LogP contribution in [0.1, 0.15) is 207 Å². The van der Waals surface area contributed by atoms with E-state index >= 15 is 0 Å². The lowest BCUT2D eigenvalue weighted by molar-refractivity contribution is -0.164. The number of rotatable bonds is 33. The van der Waals surface area contributed by atoms with Crippen molar-refractivity contribution < 1.29 is 19.8 Å². The van der Waals surface area contributed by atoms with E-state index in [4.69, 9.17) is 0 Å². The van der Waals surface area contributed by atoms with Crippen molar-refractivity contribution in [3.63, 3.8) is 0 Å². The Labute approximate surface area is 261 Å². The standard InChI is InChI=1S/C38H72O4/c1-4-7-9-11-13-15-17-19-21-23-25-27-29-31-33-35(36(39)40)38(6-3,37(41)42)34-32-30-28-26-24-22-20-18-16-14-12-10-8-5-2/h20,22,35H,4-19,21,23-34H2,1-3H3,(H,39,40)(H,41,42)/b22-20-. The Morgan fingerprint density at radius 3 is 1.24 bits per heavy atom. The van der Waals surface area contributed by atoms with Crippen LogP contribution in [0.15, 0.2) is 12.2 Å². The number of aliphatic carboxylic acids is 2. The number of hydrogen-bond acceptors (Lipinski definition) is 2. The van der Waals surface area contributed by atoms with Crippen molar-refractivity contribution in [3.8, 4) is 0 Å². The molecule has 0 fully saturated rings. The number of allylic oxidation sites excluding steroid dienone is 2. The molecule has 0 aromatic carbocycles. The minimum Gasteiger partial charge on any atom is -0.481 e. The third-order valence-electron chi connectivity index (χ3n) is 9.50. The molecule has 2 N–H and O–H groups in total. The Morgan fingerprint density at radius 2 is 0.881 bits per heavy atom. The molecule has 0 saturated heterocycles. The maximum Gasteiger partial charge on any atom is 0.310 e. The van der Waals surface area contributed by atoms with E-state index in [-0.39, 0.29) is 0 Å². The first kappa shape index (κ1) is 40.7. The molecule has 0 rings (SSSR count). The molecule has 0 aliphatic heterocycles. The van der Waals surface area contributed by atoms with Gasteiger partial charge < -0.3 is 10.2 Å². The van der Waals surface area contributed by atoms with E-state index in [1.54, 1.807) is 0 Å². The summed E-state index contributed by atoms with van der Waals surface area (Å²) in [5.41, 5.74) is -1.14. The summed E-state index contributed by atoms with van der Waals surface area (Å²) in [4.78, 5) is 24.7. The zero-order chi connectivity index (χ0) is 31.2. The summed E-state index contributed by atoms with van der Waals surface area (Å²) >= 11 is 0. The third-order valence-corrected chi connectivity index (χ3v) is 9.50. The summed E-state index contributed by atoms with van der Waals surface area (Å²) in [7, 11) is 0. The van der Waals surface area contributed by atoms with Gasteiger partial charge in [0.2, 0.25) is 0 Å². The summed E-state index contributed by atoms with van der Waals surface area (Å²) in [5.74, 6) is -2.63. The lowest BCUT2D eigenvalue weighted by atomic mass is 9.68. The van der Waals surface area contributed by atoms with Gasteiger partial charge in [-0.2, -0.15) is 0 Å². The molecule has 0 aliphatic carbocycles. The number of carboxylic acids is 2. The zero-order valence-corrected chi connectivity index (χ0v) is 28.4. The van der Waals surface area contributed by atoms with E-state index in [2.05, 4.69) is 26.0 Å². The lowest BCUT2D eigenvalue weighted by Crippen LogP contribution is -2.42. The van der Waals surface area contributed by atoms with Gasteiger partial charge in [0.15, 0.2) is 0 Å². The summed E-state index contributed by atoms with van der Waals surface area (Å²) < 4.78 is 0. The maximum atomic E-state index is 12.4. The molecule has 0 aromatic heterocycles. The molecule has 0 aromatic rings. The largest absolute Gasteiger partial charge is 0.481 e. The predicted molar refractivity (Wildman–Crippen MR) is 181 cm³/mol. The third kappa shape index (κ3) is 21.4. The number of carboxylic acid groups (broad SMARTS) is 2. The van der Waals surface area contributed by atoms with Gasteiger partial charge in [-0.1, -0.05) is 174 Å². The van der Waals surface area contributed by atoms with E-state index in [9.17, 15) is 19.8 Å². The van der Waals surface area contributed by atoms with Gasteiger partial charge in [0, 0.05) is 0 Å². The fourth-order valence-electron chi connectivity index (χ4n) is 6.52. The number of carbonyl (C=O) groups is 2. The monoisotopic (exact) mass is 593 g/mol. The normalized spacial score (nSPS) is 13.9.